The summed E-state index contributed by atoms with van der Waals surface area (Å²) in [6, 6.07) is 1.95. The van der Waals surface area contributed by atoms with E-state index in [4.69, 9.17) is 0 Å². The summed E-state index contributed by atoms with van der Waals surface area (Å²) in [7, 11) is 0. The van der Waals surface area contributed by atoms with E-state index in [0.29, 0.717) is 5.92 Å². The molecule has 1 aromatic heterocycles. The van der Waals surface area contributed by atoms with Crippen molar-refractivity contribution < 1.29 is 4.79 Å². The minimum Gasteiger partial charge on any atom is -0.316 e. The second-order valence-electron chi connectivity index (χ2n) is 3.31. The van der Waals surface area contributed by atoms with E-state index in [0.717, 1.165) is 36.9 Å². The van der Waals surface area contributed by atoms with Crippen LogP contribution < -0.4 is 5.32 Å². The molecule has 3 heteroatoms. The van der Waals surface area contributed by atoms with Gasteiger partial charge in [-0.25, -0.2) is 0 Å². The zero-order chi connectivity index (χ0) is 9.10. The van der Waals surface area contributed by atoms with Crippen molar-refractivity contribution in [3.05, 3.63) is 29.6 Å². The summed E-state index contributed by atoms with van der Waals surface area (Å²) in [5, 5.41) is 3.29. The van der Waals surface area contributed by atoms with E-state index in [2.05, 4.69) is 10.3 Å². The fourth-order valence-corrected chi connectivity index (χ4v) is 1.81. The molecule has 2 rings (SSSR count). The van der Waals surface area contributed by atoms with E-state index >= 15 is 0 Å². The van der Waals surface area contributed by atoms with Crippen molar-refractivity contribution in [3.63, 3.8) is 0 Å². The Morgan fingerprint density at radius 2 is 2.54 bits per heavy atom. The van der Waals surface area contributed by atoms with Crippen LogP contribution in [0.4, 0.5) is 0 Å². The zero-order valence-corrected chi connectivity index (χ0v) is 7.36. The minimum absolute atomic E-state index is 0.489. The molecule has 2 heterocycles. The molecule has 1 atom stereocenters. The van der Waals surface area contributed by atoms with Crippen LogP contribution in [0, 0.1) is 0 Å². The number of pyridine rings is 1. The molecule has 1 aromatic rings. The van der Waals surface area contributed by atoms with Gasteiger partial charge in [-0.2, -0.15) is 0 Å². The lowest BCUT2D eigenvalue weighted by atomic mass is 9.96. The quantitative estimate of drug-likeness (QED) is 0.683. The van der Waals surface area contributed by atoms with Crippen molar-refractivity contribution in [2.24, 2.45) is 0 Å². The maximum absolute atomic E-state index is 10.7. The fourth-order valence-electron chi connectivity index (χ4n) is 1.81. The van der Waals surface area contributed by atoms with Gasteiger partial charge in [0, 0.05) is 24.5 Å². The van der Waals surface area contributed by atoms with E-state index in [1.54, 1.807) is 12.4 Å². The van der Waals surface area contributed by atoms with E-state index < -0.39 is 0 Å². The molecule has 1 fully saturated rings. The van der Waals surface area contributed by atoms with Gasteiger partial charge in [0.2, 0.25) is 0 Å². The third-order valence-electron chi connectivity index (χ3n) is 2.51. The Labute approximate surface area is 77.2 Å². The summed E-state index contributed by atoms with van der Waals surface area (Å²) in [6.45, 7) is 2.02. The second kappa shape index (κ2) is 3.66. The SMILES string of the molecule is O=Cc1cnccc1C1CCNC1. The fraction of sp³-hybridized carbons (Fsp3) is 0.400. The van der Waals surface area contributed by atoms with Gasteiger partial charge in [0.25, 0.3) is 0 Å². The van der Waals surface area contributed by atoms with Crippen LogP contribution in [-0.2, 0) is 0 Å². The lowest BCUT2D eigenvalue weighted by molar-refractivity contribution is 0.112. The number of carbonyl (C=O) groups is 1. The van der Waals surface area contributed by atoms with Crippen LogP contribution in [0.2, 0.25) is 0 Å². The molecule has 0 bridgehead atoms. The van der Waals surface area contributed by atoms with Crippen molar-refractivity contribution in [2.75, 3.05) is 13.1 Å². The van der Waals surface area contributed by atoms with E-state index in [-0.39, 0.29) is 0 Å². The second-order valence-corrected chi connectivity index (χ2v) is 3.31. The largest absolute Gasteiger partial charge is 0.316 e. The topological polar surface area (TPSA) is 42.0 Å². The lowest BCUT2D eigenvalue weighted by Gasteiger charge is -2.09. The molecule has 0 saturated carbocycles. The number of hydrogen-bond acceptors (Lipinski definition) is 3. The molecular weight excluding hydrogens is 164 g/mol. The molecule has 1 aliphatic heterocycles. The average Bonchev–Trinajstić information content (AvgIpc) is 2.70. The van der Waals surface area contributed by atoms with Crippen LogP contribution in [0.1, 0.15) is 28.3 Å². The smallest absolute Gasteiger partial charge is 0.151 e. The van der Waals surface area contributed by atoms with Gasteiger partial charge >= 0.3 is 0 Å². The predicted molar refractivity (Wildman–Crippen MR) is 49.9 cm³/mol. The first-order valence-corrected chi connectivity index (χ1v) is 4.51. The normalized spacial score (nSPS) is 21.7. The molecule has 1 saturated heterocycles. The van der Waals surface area contributed by atoms with Gasteiger partial charge in [-0.05, 0) is 30.5 Å². The third kappa shape index (κ3) is 1.60. The predicted octanol–water partition coefficient (Wildman–Crippen LogP) is 0.971. The number of hydrogen-bond donors (Lipinski definition) is 1. The Balaban J connectivity index is 2.31. The van der Waals surface area contributed by atoms with Crippen LogP contribution in [0.3, 0.4) is 0 Å². The van der Waals surface area contributed by atoms with E-state index in [9.17, 15) is 4.79 Å². The zero-order valence-electron chi connectivity index (χ0n) is 7.36. The van der Waals surface area contributed by atoms with Gasteiger partial charge in [-0.15, -0.1) is 0 Å². The molecule has 0 aliphatic carbocycles. The molecule has 68 valence electrons. The summed E-state index contributed by atoms with van der Waals surface area (Å²) in [5.74, 6) is 0.489. The van der Waals surface area contributed by atoms with Crippen molar-refractivity contribution in [1.29, 1.82) is 0 Å². The van der Waals surface area contributed by atoms with E-state index in [1.165, 1.54) is 0 Å². The molecule has 0 radical (unpaired) electrons. The summed E-state index contributed by atoms with van der Waals surface area (Å²) < 4.78 is 0. The number of nitrogens with zero attached hydrogens (tertiary/aromatic N) is 1. The van der Waals surface area contributed by atoms with Gasteiger partial charge < -0.3 is 5.32 Å². The van der Waals surface area contributed by atoms with Crippen molar-refractivity contribution in [3.8, 4) is 0 Å². The van der Waals surface area contributed by atoms with Crippen LogP contribution in [0.25, 0.3) is 0 Å². The highest BCUT2D eigenvalue weighted by molar-refractivity contribution is 5.76. The van der Waals surface area contributed by atoms with Gasteiger partial charge in [0.15, 0.2) is 6.29 Å². The Morgan fingerprint density at radius 1 is 1.62 bits per heavy atom. The highest BCUT2D eigenvalue weighted by Crippen LogP contribution is 2.23. The summed E-state index contributed by atoms with van der Waals surface area (Å²) in [6.07, 6.45) is 5.40. The van der Waals surface area contributed by atoms with Gasteiger partial charge in [0.05, 0.1) is 0 Å². The van der Waals surface area contributed by atoms with Crippen molar-refractivity contribution >= 4 is 6.29 Å². The van der Waals surface area contributed by atoms with Crippen LogP contribution in [0.5, 0.6) is 0 Å². The molecule has 0 spiro atoms. The first kappa shape index (κ1) is 8.38. The highest BCUT2D eigenvalue weighted by Gasteiger charge is 2.18. The highest BCUT2D eigenvalue weighted by atomic mass is 16.1. The first-order chi connectivity index (χ1) is 6.42. The van der Waals surface area contributed by atoms with E-state index in [1.807, 2.05) is 6.07 Å². The van der Waals surface area contributed by atoms with Crippen LogP contribution in [0.15, 0.2) is 18.5 Å². The molecule has 1 N–H and O–H groups in total. The summed E-state index contributed by atoms with van der Waals surface area (Å²) in [4.78, 5) is 14.7. The molecule has 0 aromatic carbocycles. The number of carbonyl (C=O) groups excluding carboxylic acids is 1. The van der Waals surface area contributed by atoms with Crippen LogP contribution >= 0.6 is 0 Å². The van der Waals surface area contributed by atoms with Gasteiger partial charge in [-0.1, -0.05) is 0 Å². The number of aldehydes is 1. The van der Waals surface area contributed by atoms with Crippen LogP contribution in [-0.4, -0.2) is 24.4 Å². The number of nitrogens with one attached hydrogen (secondary N) is 1. The Morgan fingerprint density at radius 3 is 3.23 bits per heavy atom. The molecule has 1 unspecified atom stereocenters. The van der Waals surface area contributed by atoms with Gasteiger partial charge in [-0.3, -0.25) is 9.78 Å². The van der Waals surface area contributed by atoms with Crippen molar-refractivity contribution in [1.82, 2.24) is 10.3 Å². The third-order valence-corrected chi connectivity index (χ3v) is 2.51. The summed E-state index contributed by atoms with van der Waals surface area (Å²) in [5.41, 5.74) is 1.87. The van der Waals surface area contributed by atoms with Gasteiger partial charge in [0.1, 0.15) is 0 Å². The number of rotatable bonds is 2. The molecule has 0 amide bonds. The minimum atomic E-state index is 0.489. The maximum atomic E-state index is 10.7. The molecular formula is C10H12N2O. The molecule has 1 aliphatic rings. The summed E-state index contributed by atoms with van der Waals surface area (Å²) >= 11 is 0. The first-order valence-electron chi connectivity index (χ1n) is 4.51. The number of aromatic nitrogens is 1. The Hall–Kier alpha value is -1.22. The monoisotopic (exact) mass is 176 g/mol. The Bertz CT molecular complexity index is 306. The standard InChI is InChI=1S/C10H12N2O/c13-7-9-6-12-4-2-10(9)8-1-3-11-5-8/h2,4,6-8,11H,1,3,5H2. The maximum Gasteiger partial charge on any atom is 0.151 e. The van der Waals surface area contributed by atoms with Crippen molar-refractivity contribution in [2.45, 2.75) is 12.3 Å². The average molecular weight is 176 g/mol. The Kier molecular flexibility index (Phi) is 2.36. The lowest BCUT2D eigenvalue weighted by Crippen LogP contribution is -2.09. The molecule has 3 nitrogen and oxygen atoms in total. The molecule has 13 heavy (non-hydrogen) atoms.